The number of pyridine rings is 1. The van der Waals surface area contributed by atoms with Crippen molar-refractivity contribution in [3.63, 3.8) is 0 Å². The summed E-state index contributed by atoms with van der Waals surface area (Å²) in [6, 6.07) is 19.8. The van der Waals surface area contributed by atoms with E-state index in [9.17, 15) is 9.90 Å². The highest BCUT2D eigenvalue weighted by molar-refractivity contribution is 7.11. The Kier molecular flexibility index (Phi) is 4.63. The summed E-state index contributed by atoms with van der Waals surface area (Å²) in [5.41, 5.74) is 4.78. The van der Waals surface area contributed by atoms with Gasteiger partial charge in [-0.3, -0.25) is 4.79 Å². The molecule has 132 valence electrons. The van der Waals surface area contributed by atoms with Crippen LogP contribution in [0.1, 0.15) is 15.2 Å². The number of phenols is 1. The number of hydrogen-bond acceptors (Lipinski definition) is 5. The summed E-state index contributed by atoms with van der Waals surface area (Å²) in [5.74, 6) is -0.222. The quantitative estimate of drug-likeness (QED) is 0.410. The molecule has 2 aromatic heterocycles. The van der Waals surface area contributed by atoms with Gasteiger partial charge in [-0.15, -0.1) is 11.3 Å². The Labute approximate surface area is 159 Å². The Hall–Kier alpha value is -3.51. The van der Waals surface area contributed by atoms with Gasteiger partial charge >= 0.3 is 0 Å². The van der Waals surface area contributed by atoms with Gasteiger partial charge in [0, 0.05) is 15.8 Å². The molecule has 2 aromatic carbocycles. The van der Waals surface area contributed by atoms with Crippen molar-refractivity contribution < 1.29 is 9.90 Å². The molecule has 0 aliphatic heterocycles. The van der Waals surface area contributed by atoms with Crippen LogP contribution in [0.2, 0.25) is 0 Å². The van der Waals surface area contributed by atoms with Crippen LogP contribution in [0.15, 0.2) is 77.2 Å². The predicted molar refractivity (Wildman–Crippen MR) is 108 cm³/mol. The number of carbonyl (C=O) groups is 1. The topological polar surface area (TPSA) is 74.6 Å². The van der Waals surface area contributed by atoms with E-state index in [1.165, 1.54) is 11.3 Å². The van der Waals surface area contributed by atoms with Gasteiger partial charge in [0.15, 0.2) is 0 Å². The molecule has 0 saturated carbocycles. The van der Waals surface area contributed by atoms with Gasteiger partial charge in [0.25, 0.3) is 5.91 Å². The molecule has 1 amide bonds. The van der Waals surface area contributed by atoms with E-state index in [1.54, 1.807) is 30.5 Å². The SMILES string of the molecule is O=C(N/N=C\c1cccs1)c1cc(-c2ccccc2O)nc2ccccc12. The van der Waals surface area contributed by atoms with Gasteiger partial charge in [-0.1, -0.05) is 36.4 Å². The summed E-state index contributed by atoms with van der Waals surface area (Å²) in [4.78, 5) is 18.3. The van der Waals surface area contributed by atoms with Crippen LogP contribution in [0.4, 0.5) is 0 Å². The van der Waals surface area contributed by atoms with Gasteiger partial charge in [0.1, 0.15) is 5.75 Å². The molecule has 5 nitrogen and oxygen atoms in total. The van der Waals surface area contributed by atoms with Crippen molar-refractivity contribution in [3.8, 4) is 17.0 Å². The number of rotatable bonds is 4. The number of hydrazone groups is 1. The molecular formula is C21H15N3O2S. The van der Waals surface area contributed by atoms with Crippen molar-refractivity contribution in [2.45, 2.75) is 0 Å². The first kappa shape index (κ1) is 16.9. The molecule has 4 aromatic rings. The van der Waals surface area contributed by atoms with Crippen LogP contribution in [0, 0.1) is 0 Å². The van der Waals surface area contributed by atoms with Crippen molar-refractivity contribution in [1.29, 1.82) is 0 Å². The van der Waals surface area contributed by atoms with E-state index in [2.05, 4.69) is 15.5 Å². The van der Waals surface area contributed by atoms with Crippen LogP contribution in [-0.4, -0.2) is 22.2 Å². The minimum Gasteiger partial charge on any atom is -0.507 e. The molecule has 0 aliphatic rings. The van der Waals surface area contributed by atoms with Crippen LogP contribution in [0.3, 0.4) is 0 Å². The number of carbonyl (C=O) groups excluding carboxylic acids is 1. The molecule has 2 N–H and O–H groups in total. The molecule has 0 radical (unpaired) electrons. The molecule has 0 atom stereocenters. The lowest BCUT2D eigenvalue weighted by Crippen LogP contribution is -2.18. The van der Waals surface area contributed by atoms with Gasteiger partial charge in [-0.05, 0) is 35.7 Å². The fourth-order valence-electron chi connectivity index (χ4n) is 2.77. The summed E-state index contributed by atoms with van der Waals surface area (Å²) in [5, 5.41) is 16.8. The Morgan fingerprint density at radius 2 is 1.89 bits per heavy atom. The van der Waals surface area contributed by atoms with Gasteiger partial charge in [-0.2, -0.15) is 5.10 Å². The number of amides is 1. The van der Waals surface area contributed by atoms with E-state index in [0.29, 0.717) is 22.3 Å². The third kappa shape index (κ3) is 3.56. The van der Waals surface area contributed by atoms with E-state index < -0.39 is 0 Å². The number of para-hydroxylation sites is 2. The Bertz CT molecular complexity index is 1140. The Morgan fingerprint density at radius 1 is 1.07 bits per heavy atom. The van der Waals surface area contributed by atoms with Crippen molar-refractivity contribution in [3.05, 3.63) is 82.6 Å². The standard InChI is InChI=1S/C21H15N3O2S/c25-20-10-4-2-8-16(20)19-12-17(15-7-1-3-9-18(15)23-19)21(26)24-22-13-14-6-5-11-27-14/h1-13,25H,(H,24,26)/b22-13-. The van der Waals surface area contributed by atoms with Gasteiger partial charge < -0.3 is 5.11 Å². The second-order valence-electron chi connectivity index (χ2n) is 5.80. The Balaban J connectivity index is 1.74. The fraction of sp³-hybridized carbons (Fsp3) is 0. The maximum Gasteiger partial charge on any atom is 0.272 e. The van der Waals surface area contributed by atoms with Gasteiger partial charge in [0.2, 0.25) is 0 Å². The first-order chi connectivity index (χ1) is 13.2. The zero-order chi connectivity index (χ0) is 18.6. The summed E-state index contributed by atoms with van der Waals surface area (Å²) in [6.45, 7) is 0. The predicted octanol–water partition coefficient (Wildman–Crippen LogP) is 4.43. The largest absolute Gasteiger partial charge is 0.507 e. The molecule has 0 unspecified atom stereocenters. The maximum absolute atomic E-state index is 12.7. The maximum atomic E-state index is 12.7. The number of aromatic hydroxyl groups is 1. The zero-order valence-corrected chi connectivity index (χ0v) is 15.0. The van der Waals surface area contributed by atoms with Crippen LogP contribution < -0.4 is 5.43 Å². The van der Waals surface area contributed by atoms with E-state index in [0.717, 1.165) is 10.3 Å². The van der Waals surface area contributed by atoms with Crippen molar-refractivity contribution in [2.75, 3.05) is 0 Å². The van der Waals surface area contributed by atoms with E-state index in [1.807, 2.05) is 47.8 Å². The van der Waals surface area contributed by atoms with E-state index in [4.69, 9.17) is 0 Å². The lowest BCUT2D eigenvalue weighted by atomic mass is 10.0. The smallest absolute Gasteiger partial charge is 0.272 e. The number of hydrogen-bond donors (Lipinski definition) is 2. The van der Waals surface area contributed by atoms with Crippen molar-refractivity contribution in [2.24, 2.45) is 5.10 Å². The summed E-state index contributed by atoms with van der Waals surface area (Å²) in [6.07, 6.45) is 1.61. The highest BCUT2D eigenvalue weighted by Crippen LogP contribution is 2.30. The second kappa shape index (κ2) is 7.39. The lowest BCUT2D eigenvalue weighted by Gasteiger charge is -2.10. The van der Waals surface area contributed by atoms with Crippen LogP contribution >= 0.6 is 11.3 Å². The molecule has 4 rings (SSSR count). The molecule has 6 heteroatoms. The molecule has 27 heavy (non-hydrogen) atoms. The monoisotopic (exact) mass is 373 g/mol. The highest BCUT2D eigenvalue weighted by Gasteiger charge is 2.15. The molecule has 0 aliphatic carbocycles. The van der Waals surface area contributed by atoms with Crippen LogP contribution in [-0.2, 0) is 0 Å². The van der Waals surface area contributed by atoms with Crippen molar-refractivity contribution in [1.82, 2.24) is 10.4 Å². The zero-order valence-electron chi connectivity index (χ0n) is 14.2. The third-order valence-corrected chi connectivity index (χ3v) is 4.85. The first-order valence-electron chi connectivity index (χ1n) is 8.27. The van der Waals surface area contributed by atoms with E-state index >= 15 is 0 Å². The Morgan fingerprint density at radius 3 is 2.70 bits per heavy atom. The number of nitrogens with one attached hydrogen (secondary N) is 1. The van der Waals surface area contributed by atoms with Crippen LogP contribution in [0.5, 0.6) is 5.75 Å². The third-order valence-electron chi connectivity index (χ3n) is 4.04. The average molecular weight is 373 g/mol. The first-order valence-corrected chi connectivity index (χ1v) is 9.15. The summed E-state index contributed by atoms with van der Waals surface area (Å²) < 4.78 is 0. The summed E-state index contributed by atoms with van der Waals surface area (Å²) >= 11 is 1.54. The second-order valence-corrected chi connectivity index (χ2v) is 6.78. The molecular weight excluding hydrogens is 358 g/mol. The van der Waals surface area contributed by atoms with Crippen LogP contribution in [0.25, 0.3) is 22.2 Å². The van der Waals surface area contributed by atoms with Crippen molar-refractivity contribution >= 4 is 34.4 Å². The number of thiophene rings is 1. The molecule has 0 saturated heterocycles. The normalized spacial score (nSPS) is 11.1. The molecule has 0 fully saturated rings. The fourth-order valence-corrected chi connectivity index (χ4v) is 3.36. The number of phenolic OH excluding ortho intramolecular Hbond substituents is 1. The number of fused-ring (bicyclic) bond motifs is 1. The molecule has 2 heterocycles. The van der Waals surface area contributed by atoms with Gasteiger partial charge in [0.05, 0.1) is 23.0 Å². The average Bonchev–Trinajstić information content (AvgIpc) is 3.21. The lowest BCUT2D eigenvalue weighted by molar-refractivity contribution is 0.0956. The molecule has 0 bridgehead atoms. The summed E-state index contributed by atoms with van der Waals surface area (Å²) in [7, 11) is 0. The number of benzene rings is 2. The number of nitrogens with zero attached hydrogens (tertiary/aromatic N) is 2. The van der Waals surface area contributed by atoms with E-state index in [-0.39, 0.29) is 11.7 Å². The van der Waals surface area contributed by atoms with Gasteiger partial charge in [-0.25, -0.2) is 10.4 Å². The minimum atomic E-state index is -0.335. The molecule has 0 spiro atoms. The highest BCUT2D eigenvalue weighted by atomic mass is 32.1. The number of aromatic nitrogens is 1. The minimum absolute atomic E-state index is 0.113.